The molecule has 0 atom stereocenters. The summed E-state index contributed by atoms with van der Waals surface area (Å²) in [6, 6.07) is 14.5. The second kappa shape index (κ2) is 7.02. The second-order valence-electron chi connectivity index (χ2n) is 4.76. The van der Waals surface area contributed by atoms with Crippen molar-refractivity contribution in [3.05, 3.63) is 42.5 Å². The van der Waals surface area contributed by atoms with E-state index in [0.717, 1.165) is 35.7 Å². The molecule has 2 aromatic rings. The minimum atomic E-state index is 0.753. The first-order chi connectivity index (χ1) is 10.2. The normalized spacial score (nSPS) is 10.3. The molecule has 0 aliphatic carbocycles. The largest absolute Gasteiger partial charge is 0.493 e. The highest BCUT2D eigenvalue weighted by Gasteiger charge is 2.11. The zero-order valence-corrected chi connectivity index (χ0v) is 13.2. The molecule has 2 rings (SSSR count). The maximum absolute atomic E-state index is 5.51. The number of nitrogens with zero attached hydrogens (tertiary/aromatic N) is 1. The van der Waals surface area contributed by atoms with E-state index in [-0.39, 0.29) is 0 Å². The lowest BCUT2D eigenvalue weighted by Crippen LogP contribution is -2.21. The van der Waals surface area contributed by atoms with Crippen molar-refractivity contribution in [2.24, 2.45) is 0 Å². The van der Waals surface area contributed by atoms with Crippen LogP contribution < -0.4 is 14.4 Å². The van der Waals surface area contributed by atoms with Gasteiger partial charge in [0.25, 0.3) is 0 Å². The third kappa shape index (κ3) is 3.13. The van der Waals surface area contributed by atoms with Gasteiger partial charge in [-0.3, -0.25) is 0 Å². The number of methoxy groups -OCH3 is 2. The predicted octanol–water partition coefficient (Wildman–Crippen LogP) is 4.22. The molecule has 0 aromatic heterocycles. The Kier molecular flexibility index (Phi) is 5.09. The van der Waals surface area contributed by atoms with Crippen molar-refractivity contribution in [2.75, 3.05) is 32.2 Å². The standard InChI is InChI=1S/C18H23NO2/c1-5-19(6-2)15-12-10-14(11-13-15)16-8-7-9-17(20-3)18(16)21-4/h7-13H,5-6H2,1-4H3. The predicted molar refractivity (Wildman–Crippen MR) is 88.5 cm³/mol. The summed E-state index contributed by atoms with van der Waals surface area (Å²) in [6.45, 7) is 6.36. The Bertz CT molecular complexity index is 574. The van der Waals surface area contributed by atoms with E-state index in [0.29, 0.717) is 0 Å². The number of rotatable bonds is 6. The third-order valence-corrected chi connectivity index (χ3v) is 3.71. The SMILES string of the molecule is CCN(CC)c1ccc(-c2cccc(OC)c2OC)cc1. The maximum Gasteiger partial charge on any atom is 0.168 e. The number of para-hydroxylation sites is 1. The van der Waals surface area contributed by atoms with Gasteiger partial charge in [0.1, 0.15) is 0 Å². The fraction of sp³-hybridized carbons (Fsp3) is 0.333. The van der Waals surface area contributed by atoms with Crippen LogP contribution in [0.2, 0.25) is 0 Å². The zero-order chi connectivity index (χ0) is 15.2. The van der Waals surface area contributed by atoms with E-state index >= 15 is 0 Å². The summed E-state index contributed by atoms with van der Waals surface area (Å²) < 4.78 is 10.9. The smallest absolute Gasteiger partial charge is 0.168 e. The average Bonchev–Trinajstić information content (AvgIpc) is 2.55. The molecule has 0 unspecified atom stereocenters. The summed E-state index contributed by atoms with van der Waals surface area (Å²) in [5.41, 5.74) is 3.41. The number of benzene rings is 2. The van der Waals surface area contributed by atoms with Crippen LogP contribution >= 0.6 is 0 Å². The van der Waals surface area contributed by atoms with E-state index in [2.05, 4.69) is 43.0 Å². The summed E-state index contributed by atoms with van der Waals surface area (Å²) in [6.07, 6.45) is 0. The van der Waals surface area contributed by atoms with Crippen LogP contribution in [0, 0.1) is 0 Å². The van der Waals surface area contributed by atoms with Gasteiger partial charge in [0.05, 0.1) is 14.2 Å². The molecule has 0 saturated carbocycles. The lowest BCUT2D eigenvalue weighted by molar-refractivity contribution is 0.356. The first-order valence-corrected chi connectivity index (χ1v) is 7.31. The van der Waals surface area contributed by atoms with E-state index in [1.807, 2.05) is 18.2 Å². The summed E-state index contributed by atoms with van der Waals surface area (Å²) in [7, 11) is 3.33. The molecular weight excluding hydrogens is 262 g/mol. The molecule has 21 heavy (non-hydrogen) atoms. The highest BCUT2D eigenvalue weighted by molar-refractivity contribution is 5.75. The lowest BCUT2D eigenvalue weighted by atomic mass is 10.0. The third-order valence-electron chi connectivity index (χ3n) is 3.71. The van der Waals surface area contributed by atoms with Crippen LogP contribution in [-0.2, 0) is 0 Å². The fourth-order valence-electron chi connectivity index (χ4n) is 2.56. The number of ether oxygens (including phenoxy) is 2. The van der Waals surface area contributed by atoms with Gasteiger partial charge in [0.15, 0.2) is 11.5 Å². The van der Waals surface area contributed by atoms with Crippen LogP contribution in [0.3, 0.4) is 0 Å². The van der Waals surface area contributed by atoms with Crippen LogP contribution in [0.4, 0.5) is 5.69 Å². The van der Waals surface area contributed by atoms with Crippen LogP contribution in [0.5, 0.6) is 11.5 Å². The summed E-state index contributed by atoms with van der Waals surface area (Å²) in [5.74, 6) is 1.53. The summed E-state index contributed by atoms with van der Waals surface area (Å²) in [5, 5.41) is 0. The quantitative estimate of drug-likeness (QED) is 0.793. The molecule has 0 aliphatic heterocycles. The van der Waals surface area contributed by atoms with Gasteiger partial charge in [-0.05, 0) is 37.6 Å². The Morgan fingerprint density at radius 2 is 1.52 bits per heavy atom. The molecule has 0 radical (unpaired) electrons. The van der Waals surface area contributed by atoms with Crippen molar-refractivity contribution < 1.29 is 9.47 Å². The molecule has 0 bridgehead atoms. The molecule has 112 valence electrons. The molecule has 0 amide bonds. The molecular formula is C18H23NO2. The Hall–Kier alpha value is -2.16. The molecule has 0 spiro atoms. The highest BCUT2D eigenvalue weighted by atomic mass is 16.5. The van der Waals surface area contributed by atoms with E-state index in [1.54, 1.807) is 14.2 Å². The molecule has 0 heterocycles. The van der Waals surface area contributed by atoms with Gasteiger partial charge in [0, 0.05) is 24.3 Å². The lowest BCUT2D eigenvalue weighted by Gasteiger charge is -2.21. The number of hydrogen-bond acceptors (Lipinski definition) is 3. The van der Waals surface area contributed by atoms with Crippen LogP contribution in [-0.4, -0.2) is 27.3 Å². The monoisotopic (exact) mass is 285 g/mol. The average molecular weight is 285 g/mol. The Morgan fingerprint density at radius 3 is 2.05 bits per heavy atom. The van der Waals surface area contributed by atoms with E-state index in [1.165, 1.54) is 5.69 Å². The molecule has 3 nitrogen and oxygen atoms in total. The van der Waals surface area contributed by atoms with Gasteiger partial charge in [0.2, 0.25) is 0 Å². The first-order valence-electron chi connectivity index (χ1n) is 7.31. The minimum Gasteiger partial charge on any atom is -0.493 e. The topological polar surface area (TPSA) is 21.7 Å². The minimum absolute atomic E-state index is 0.753. The summed E-state index contributed by atoms with van der Waals surface area (Å²) >= 11 is 0. The van der Waals surface area contributed by atoms with E-state index < -0.39 is 0 Å². The molecule has 0 saturated heterocycles. The van der Waals surface area contributed by atoms with Crippen molar-refractivity contribution in [2.45, 2.75) is 13.8 Å². The van der Waals surface area contributed by atoms with E-state index in [4.69, 9.17) is 9.47 Å². The number of anilines is 1. The van der Waals surface area contributed by atoms with Gasteiger partial charge in [-0.25, -0.2) is 0 Å². The zero-order valence-electron chi connectivity index (χ0n) is 13.2. The first kappa shape index (κ1) is 15.2. The van der Waals surface area contributed by atoms with Gasteiger partial charge in [-0.1, -0.05) is 24.3 Å². The van der Waals surface area contributed by atoms with Crippen molar-refractivity contribution >= 4 is 5.69 Å². The van der Waals surface area contributed by atoms with Gasteiger partial charge < -0.3 is 14.4 Å². The molecule has 0 N–H and O–H groups in total. The number of hydrogen-bond donors (Lipinski definition) is 0. The van der Waals surface area contributed by atoms with Crippen molar-refractivity contribution in [3.8, 4) is 22.6 Å². The second-order valence-corrected chi connectivity index (χ2v) is 4.76. The van der Waals surface area contributed by atoms with Gasteiger partial charge in [-0.15, -0.1) is 0 Å². The molecule has 3 heteroatoms. The fourth-order valence-corrected chi connectivity index (χ4v) is 2.56. The van der Waals surface area contributed by atoms with Gasteiger partial charge >= 0.3 is 0 Å². The molecule has 0 aliphatic rings. The summed E-state index contributed by atoms with van der Waals surface area (Å²) in [4.78, 5) is 2.33. The van der Waals surface area contributed by atoms with Crippen LogP contribution in [0.1, 0.15) is 13.8 Å². The molecule has 0 fully saturated rings. The van der Waals surface area contributed by atoms with E-state index in [9.17, 15) is 0 Å². The van der Waals surface area contributed by atoms with Crippen molar-refractivity contribution in [3.63, 3.8) is 0 Å². The van der Waals surface area contributed by atoms with Crippen LogP contribution in [0.25, 0.3) is 11.1 Å². The van der Waals surface area contributed by atoms with Crippen molar-refractivity contribution in [1.82, 2.24) is 0 Å². The Balaban J connectivity index is 2.39. The van der Waals surface area contributed by atoms with Gasteiger partial charge in [-0.2, -0.15) is 0 Å². The van der Waals surface area contributed by atoms with Crippen molar-refractivity contribution in [1.29, 1.82) is 0 Å². The highest BCUT2D eigenvalue weighted by Crippen LogP contribution is 2.38. The molecule has 2 aromatic carbocycles. The Labute approximate surface area is 127 Å². The maximum atomic E-state index is 5.51. The van der Waals surface area contributed by atoms with Crippen LogP contribution in [0.15, 0.2) is 42.5 Å². The Morgan fingerprint density at radius 1 is 0.857 bits per heavy atom.